The highest BCUT2D eigenvalue weighted by atomic mass is 16.3. The normalized spacial score (nSPS) is 11.9. The molecule has 0 radical (unpaired) electrons. The SMILES string of the molecule is CC(C)(O)c1ncc(-c2ccc[nH]2)[nH]1. The summed E-state index contributed by atoms with van der Waals surface area (Å²) >= 11 is 0. The number of nitrogens with one attached hydrogen (secondary N) is 2. The molecule has 0 saturated heterocycles. The Bertz CT molecular complexity index is 409. The fourth-order valence-corrected chi connectivity index (χ4v) is 1.27. The van der Waals surface area contributed by atoms with Crippen LogP contribution in [0.3, 0.4) is 0 Å². The van der Waals surface area contributed by atoms with Gasteiger partial charge in [0.15, 0.2) is 0 Å². The summed E-state index contributed by atoms with van der Waals surface area (Å²) in [5, 5.41) is 9.70. The molecule has 0 saturated carbocycles. The Labute approximate surface area is 82.0 Å². The summed E-state index contributed by atoms with van der Waals surface area (Å²) in [5.74, 6) is 0.571. The zero-order valence-corrected chi connectivity index (χ0v) is 8.20. The van der Waals surface area contributed by atoms with Crippen LogP contribution in [0.2, 0.25) is 0 Å². The molecule has 2 aromatic heterocycles. The Morgan fingerprint density at radius 1 is 1.36 bits per heavy atom. The highest BCUT2D eigenvalue weighted by Crippen LogP contribution is 2.20. The van der Waals surface area contributed by atoms with Crippen molar-refractivity contribution in [2.24, 2.45) is 0 Å². The summed E-state index contributed by atoms with van der Waals surface area (Å²) in [5.41, 5.74) is 0.922. The first-order valence-corrected chi connectivity index (χ1v) is 4.49. The zero-order chi connectivity index (χ0) is 10.2. The maximum Gasteiger partial charge on any atom is 0.138 e. The molecule has 0 fully saturated rings. The predicted octanol–water partition coefficient (Wildman–Crippen LogP) is 1.63. The van der Waals surface area contributed by atoms with E-state index in [4.69, 9.17) is 0 Å². The van der Waals surface area contributed by atoms with Gasteiger partial charge in [-0.05, 0) is 26.0 Å². The molecular weight excluding hydrogens is 178 g/mol. The number of nitrogens with zero attached hydrogens (tertiary/aromatic N) is 1. The van der Waals surface area contributed by atoms with Crippen LogP contribution in [0.5, 0.6) is 0 Å². The number of hydrogen-bond acceptors (Lipinski definition) is 2. The average molecular weight is 191 g/mol. The van der Waals surface area contributed by atoms with E-state index in [1.165, 1.54) is 0 Å². The predicted molar refractivity (Wildman–Crippen MR) is 53.6 cm³/mol. The Morgan fingerprint density at radius 2 is 2.14 bits per heavy atom. The lowest BCUT2D eigenvalue weighted by atomic mass is 10.1. The van der Waals surface area contributed by atoms with Crippen LogP contribution < -0.4 is 0 Å². The van der Waals surface area contributed by atoms with Crippen LogP contribution >= 0.6 is 0 Å². The summed E-state index contributed by atoms with van der Waals surface area (Å²) in [7, 11) is 0. The molecule has 74 valence electrons. The molecule has 4 nitrogen and oxygen atoms in total. The number of H-pyrrole nitrogens is 2. The fourth-order valence-electron chi connectivity index (χ4n) is 1.27. The van der Waals surface area contributed by atoms with Gasteiger partial charge in [-0.25, -0.2) is 4.98 Å². The van der Waals surface area contributed by atoms with Gasteiger partial charge >= 0.3 is 0 Å². The molecule has 0 bridgehead atoms. The van der Waals surface area contributed by atoms with Crippen molar-refractivity contribution in [2.45, 2.75) is 19.4 Å². The van der Waals surface area contributed by atoms with Crippen molar-refractivity contribution in [3.8, 4) is 11.4 Å². The minimum Gasteiger partial charge on any atom is -0.383 e. The Kier molecular flexibility index (Phi) is 1.93. The highest BCUT2D eigenvalue weighted by Gasteiger charge is 2.19. The Morgan fingerprint density at radius 3 is 2.64 bits per heavy atom. The van der Waals surface area contributed by atoms with E-state index in [0.717, 1.165) is 11.4 Å². The van der Waals surface area contributed by atoms with E-state index < -0.39 is 5.60 Å². The first kappa shape index (κ1) is 9.02. The molecule has 0 spiro atoms. The van der Waals surface area contributed by atoms with Crippen molar-refractivity contribution in [1.29, 1.82) is 0 Å². The van der Waals surface area contributed by atoms with Crippen LogP contribution in [0.1, 0.15) is 19.7 Å². The van der Waals surface area contributed by atoms with Crippen LogP contribution in [0.4, 0.5) is 0 Å². The van der Waals surface area contributed by atoms with Crippen LogP contribution in [-0.4, -0.2) is 20.1 Å². The third-order valence-electron chi connectivity index (χ3n) is 2.04. The van der Waals surface area contributed by atoms with Gasteiger partial charge in [-0.15, -0.1) is 0 Å². The largest absolute Gasteiger partial charge is 0.383 e. The second-order valence-corrected chi connectivity index (χ2v) is 3.79. The van der Waals surface area contributed by atoms with Crippen LogP contribution in [0, 0.1) is 0 Å². The summed E-state index contributed by atoms with van der Waals surface area (Å²) in [6.45, 7) is 3.40. The number of rotatable bonds is 2. The lowest BCUT2D eigenvalue weighted by Crippen LogP contribution is -2.17. The number of hydrogen-bond donors (Lipinski definition) is 3. The lowest BCUT2D eigenvalue weighted by molar-refractivity contribution is 0.0697. The number of imidazole rings is 1. The lowest BCUT2D eigenvalue weighted by Gasteiger charge is -2.12. The van der Waals surface area contributed by atoms with Gasteiger partial charge in [-0.3, -0.25) is 0 Å². The van der Waals surface area contributed by atoms with E-state index in [1.54, 1.807) is 20.0 Å². The molecule has 0 unspecified atom stereocenters. The summed E-state index contributed by atoms with van der Waals surface area (Å²) < 4.78 is 0. The Balaban J connectivity index is 2.36. The quantitative estimate of drug-likeness (QED) is 0.675. The highest BCUT2D eigenvalue weighted by molar-refractivity contribution is 5.53. The number of aromatic nitrogens is 3. The molecule has 0 amide bonds. The van der Waals surface area contributed by atoms with Gasteiger partial charge < -0.3 is 15.1 Å². The summed E-state index contributed by atoms with van der Waals surface area (Å²) in [6, 6.07) is 3.86. The van der Waals surface area contributed by atoms with Crippen molar-refractivity contribution in [2.75, 3.05) is 0 Å². The standard InChI is InChI=1S/C10H13N3O/c1-10(2,14)9-12-6-8(13-9)7-4-3-5-11-7/h3-6,11,14H,1-2H3,(H,12,13). The maximum atomic E-state index is 9.70. The fraction of sp³-hybridized carbons (Fsp3) is 0.300. The Hall–Kier alpha value is -1.55. The van der Waals surface area contributed by atoms with E-state index in [0.29, 0.717) is 5.82 Å². The van der Waals surface area contributed by atoms with Crippen LogP contribution in [0.15, 0.2) is 24.5 Å². The van der Waals surface area contributed by atoms with Crippen LogP contribution in [-0.2, 0) is 5.60 Å². The number of aliphatic hydroxyl groups is 1. The molecule has 3 N–H and O–H groups in total. The van der Waals surface area contributed by atoms with Gasteiger partial charge in [0.2, 0.25) is 0 Å². The number of aromatic amines is 2. The van der Waals surface area contributed by atoms with Crippen molar-refractivity contribution >= 4 is 0 Å². The maximum absolute atomic E-state index is 9.70. The van der Waals surface area contributed by atoms with E-state index >= 15 is 0 Å². The molecule has 0 aliphatic rings. The molecule has 0 aliphatic carbocycles. The third-order valence-corrected chi connectivity index (χ3v) is 2.04. The molecule has 0 aliphatic heterocycles. The smallest absolute Gasteiger partial charge is 0.138 e. The van der Waals surface area contributed by atoms with Gasteiger partial charge in [0.1, 0.15) is 11.4 Å². The van der Waals surface area contributed by atoms with Gasteiger partial charge in [0, 0.05) is 6.20 Å². The molecular formula is C10H13N3O. The van der Waals surface area contributed by atoms with Crippen molar-refractivity contribution in [3.05, 3.63) is 30.4 Å². The third kappa shape index (κ3) is 1.56. The van der Waals surface area contributed by atoms with Gasteiger partial charge in [-0.2, -0.15) is 0 Å². The molecule has 2 aromatic rings. The van der Waals surface area contributed by atoms with Gasteiger partial charge in [-0.1, -0.05) is 0 Å². The van der Waals surface area contributed by atoms with Crippen LogP contribution in [0.25, 0.3) is 11.4 Å². The second-order valence-electron chi connectivity index (χ2n) is 3.79. The van der Waals surface area contributed by atoms with Crippen molar-refractivity contribution in [1.82, 2.24) is 15.0 Å². The van der Waals surface area contributed by atoms with E-state index in [9.17, 15) is 5.11 Å². The zero-order valence-electron chi connectivity index (χ0n) is 8.20. The molecule has 0 atom stereocenters. The minimum atomic E-state index is -0.926. The average Bonchev–Trinajstić information content (AvgIpc) is 2.73. The van der Waals surface area contributed by atoms with Gasteiger partial charge in [0.05, 0.1) is 17.6 Å². The minimum absolute atomic E-state index is 0.571. The monoisotopic (exact) mass is 191 g/mol. The van der Waals surface area contributed by atoms with E-state index in [2.05, 4.69) is 15.0 Å². The topological polar surface area (TPSA) is 64.7 Å². The molecule has 2 heterocycles. The first-order chi connectivity index (χ1) is 6.57. The molecule has 14 heavy (non-hydrogen) atoms. The van der Waals surface area contributed by atoms with Crippen molar-refractivity contribution < 1.29 is 5.11 Å². The second kappa shape index (κ2) is 2.99. The van der Waals surface area contributed by atoms with E-state index in [1.807, 2.05) is 18.3 Å². The van der Waals surface area contributed by atoms with E-state index in [-0.39, 0.29) is 0 Å². The molecule has 0 aromatic carbocycles. The summed E-state index contributed by atoms with van der Waals surface area (Å²) in [4.78, 5) is 10.2. The summed E-state index contributed by atoms with van der Waals surface area (Å²) in [6.07, 6.45) is 3.55. The molecule has 4 heteroatoms. The first-order valence-electron chi connectivity index (χ1n) is 4.49. The van der Waals surface area contributed by atoms with Gasteiger partial charge in [0.25, 0.3) is 0 Å². The van der Waals surface area contributed by atoms with Crippen molar-refractivity contribution in [3.63, 3.8) is 0 Å². The molecule has 2 rings (SSSR count).